The lowest BCUT2D eigenvalue weighted by molar-refractivity contribution is 0.102. The molecule has 0 aliphatic rings. The molecule has 2 aromatic carbocycles. The summed E-state index contributed by atoms with van der Waals surface area (Å²) in [6.07, 6.45) is 0. The van der Waals surface area contributed by atoms with Crippen LogP contribution in [0, 0.1) is 0 Å². The molecule has 1 aromatic heterocycles. The van der Waals surface area contributed by atoms with Crippen molar-refractivity contribution in [3.63, 3.8) is 0 Å². The van der Waals surface area contributed by atoms with E-state index in [1.165, 1.54) is 57.9 Å². The van der Waals surface area contributed by atoms with Crippen LogP contribution in [0.3, 0.4) is 0 Å². The van der Waals surface area contributed by atoms with Gasteiger partial charge in [-0.15, -0.1) is 11.3 Å². The number of nitrogens with one attached hydrogen (secondary N) is 1. The molecule has 1 amide bonds. The SMILES string of the molecule is COc1ccc(S(=O)(=O)N(C)C)cc1NC(=O)c1csc(-c2cccc(OC)c2OC)n1. The van der Waals surface area contributed by atoms with Crippen molar-refractivity contribution in [2.24, 2.45) is 0 Å². The first-order valence-electron chi connectivity index (χ1n) is 9.31. The van der Waals surface area contributed by atoms with E-state index in [1.807, 2.05) is 6.07 Å². The number of sulfonamides is 1. The summed E-state index contributed by atoms with van der Waals surface area (Å²) in [6.45, 7) is 0. The average Bonchev–Trinajstić information content (AvgIpc) is 3.28. The van der Waals surface area contributed by atoms with Gasteiger partial charge in [0.05, 0.1) is 37.5 Å². The van der Waals surface area contributed by atoms with Crippen LogP contribution >= 0.6 is 11.3 Å². The Bertz CT molecular complexity index is 1240. The van der Waals surface area contributed by atoms with Crippen molar-refractivity contribution in [3.05, 3.63) is 47.5 Å². The summed E-state index contributed by atoms with van der Waals surface area (Å²) in [7, 11) is 3.69. The fourth-order valence-electron chi connectivity index (χ4n) is 2.90. The lowest BCUT2D eigenvalue weighted by Gasteiger charge is -2.15. The molecule has 0 atom stereocenters. The normalized spacial score (nSPS) is 11.3. The van der Waals surface area contributed by atoms with Crippen LogP contribution in [0.5, 0.6) is 17.2 Å². The third kappa shape index (κ3) is 4.54. The zero-order valence-electron chi connectivity index (χ0n) is 18.2. The van der Waals surface area contributed by atoms with Gasteiger partial charge in [-0.1, -0.05) is 6.07 Å². The quantitative estimate of drug-likeness (QED) is 0.530. The standard InChI is InChI=1S/C21H23N3O6S2/c1-24(2)32(26,27)13-9-10-17(28-3)15(11-13)22-20(25)16-12-31-21(23-16)14-7-6-8-18(29-4)19(14)30-5/h6-12H,1-5H3,(H,22,25). The summed E-state index contributed by atoms with van der Waals surface area (Å²) in [5.74, 6) is 0.877. The molecule has 0 fully saturated rings. The van der Waals surface area contributed by atoms with E-state index in [4.69, 9.17) is 14.2 Å². The summed E-state index contributed by atoms with van der Waals surface area (Å²) in [4.78, 5) is 17.3. The molecule has 0 saturated carbocycles. The van der Waals surface area contributed by atoms with Gasteiger partial charge in [0, 0.05) is 19.5 Å². The number of carbonyl (C=O) groups is 1. The fourth-order valence-corrected chi connectivity index (χ4v) is 4.65. The smallest absolute Gasteiger partial charge is 0.275 e. The second kappa shape index (κ2) is 9.55. The molecule has 170 valence electrons. The van der Waals surface area contributed by atoms with Crippen LogP contribution in [0.2, 0.25) is 0 Å². The minimum absolute atomic E-state index is 0.0266. The molecule has 0 bridgehead atoms. The molecule has 0 aliphatic carbocycles. The summed E-state index contributed by atoms with van der Waals surface area (Å²) < 4.78 is 42.0. The van der Waals surface area contributed by atoms with Crippen molar-refractivity contribution < 1.29 is 27.4 Å². The number of benzene rings is 2. The van der Waals surface area contributed by atoms with Crippen molar-refractivity contribution in [3.8, 4) is 27.8 Å². The van der Waals surface area contributed by atoms with Crippen molar-refractivity contribution in [1.82, 2.24) is 9.29 Å². The van der Waals surface area contributed by atoms with Gasteiger partial charge in [-0.05, 0) is 30.3 Å². The Morgan fingerprint density at radius 1 is 1.03 bits per heavy atom. The Hall–Kier alpha value is -3.15. The predicted molar refractivity (Wildman–Crippen MR) is 122 cm³/mol. The number of para-hydroxylation sites is 1. The third-order valence-corrected chi connectivity index (χ3v) is 7.25. The molecule has 1 heterocycles. The molecule has 3 rings (SSSR count). The molecule has 0 unspecified atom stereocenters. The van der Waals surface area contributed by atoms with Crippen LogP contribution in [-0.2, 0) is 10.0 Å². The number of anilines is 1. The number of hydrogen-bond donors (Lipinski definition) is 1. The van der Waals surface area contributed by atoms with E-state index < -0.39 is 15.9 Å². The van der Waals surface area contributed by atoms with Gasteiger partial charge in [0.1, 0.15) is 16.5 Å². The molecule has 0 spiro atoms. The number of aromatic nitrogens is 1. The highest BCUT2D eigenvalue weighted by Crippen LogP contribution is 2.39. The Morgan fingerprint density at radius 3 is 2.38 bits per heavy atom. The van der Waals surface area contributed by atoms with E-state index >= 15 is 0 Å². The van der Waals surface area contributed by atoms with Gasteiger partial charge in [0.15, 0.2) is 11.5 Å². The summed E-state index contributed by atoms with van der Waals surface area (Å²) in [5, 5.41) is 4.87. The maximum absolute atomic E-state index is 12.9. The Morgan fingerprint density at radius 2 is 1.75 bits per heavy atom. The van der Waals surface area contributed by atoms with E-state index in [1.54, 1.807) is 24.6 Å². The second-order valence-electron chi connectivity index (χ2n) is 6.68. The van der Waals surface area contributed by atoms with Gasteiger partial charge in [-0.25, -0.2) is 17.7 Å². The number of ether oxygens (including phenoxy) is 3. The second-order valence-corrected chi connectivity index (χ2v) is 9.69. The molecular weight excluding hydrogens is 454 g/mol. The topological polar surface area (TPSA) is 107 Å². The summed E-state index contributed by atoms with van der Waals surface area (Å²) in [5.41, 5.74) is 1.07. The summed E-state index contributed by atoms with van der Waals surface area (Å²) in [6, 6.07) is 9.65. The first-order chi connectivity index (χ1) is 15.2. The van der Waals surface area contributed by atoms with Gasteiger partial charge in [0.25, 0.3) is 5.91 Å². The number of hydrogen-bond acceptors (Lipinski definition) is 8. The highest BCUT2D eigenvalue weighted by molar-refractivity contribution is 7.89. The van der Waals surface area contributed by atoms with E-state index in [9.17, 15) is 13.2 Å². The molecule has 9 nitrogen and oxygen atoms in total. The molecule has 1 N–H and O–H groups in total. The maximum atomic E-state index is 12.9. The van der Waals surface area contributed by atoms with Gasteiger partial charge in [-0.3, -0.25) is 4.79 Å². The van der Waals surface area contributed by atoms with Crippen LogP contribution in [0.4, 0.5) is 5.69 Å². The van der Waals surface area contributed by atoms with E-state index in [2.05, 4.69) is 10.3 Å². The molecule has 11 heteroatoms. The zero-order valence-corrected chi connectivity index (χ0v) is 19.8. The molecule has 0 radical (unpaired) electrons. The van der Waals surface area contributed by atoms with Crippen molar-refractivity contribution >= 4 is 33.0 Å². The van der Waals surface area contributed by atoms with E-state index in [-0.39, 0.29) is 16.3 Å². The number of methoxy groups -OCH3 is 3. The lowest BCUT2D eigenvalue weighted by Crippen LogP contribution is -2.22. The van der Waals surface area contributed by atoms with Crippen LogP contribution in [0.15, 0.2) is 46.7 Å². The lowest BCUT2D eigenvalue weighted by atomic mass is 10.2. The average molecular weight is 478 g/mol. The van der Waals surface area contributed by atoms with Crippen LogP contribution in [0.25, 0.3) is 10.6 Å². The van der Waals surface area contributed by atoms with Crippen LogP contribution in [0.1, 0.15) is 10.5 Å². The monoisotopic (exact) mass is 477 g/mol. The number of rotatable bonds is 8. The molecule has 32 heavy (non-hydrogen) atoms. The minimum Gasteiger partial charge on any atom is -0.495 e. The molecule has 0 aliphatic heterocycles. The van der Waals surface area contributed by atoms with Crippen molar-refractivity contribution in [2.45, 2.75) is 4.90 Å². The minimum atomic E-state index is -3.68. The number of thiazole rings is 1. The van der Waals surface area contributed by atoms with E-state index in [0.29, 0.717) is 27.8 Å². The Kier molecular flexibility index (Phi) is 7.02. The predicted octanol–water partition coefficient (Wildman–Crippen LogP) is 3.34. The summed E-state index contributed by atoms with van der Waals surface area (Å²) >= 11 is 1.27. The molecular formula is C21H23N3O6S2. The molecule has 3 aromatic rings. The highest BCUT2D eigenvalue weighted by Gasteiger charge is 2.21. The van der Waals surface area contributed by atoms with Gasteiger partial charge in [0.2, 0.25) is 10.0 Å². The zero-order chi connectivity index (χ0) is 23.5. The van der Waals surface area contributed by atoms with Gasteiger partial charge in [-0.2, -0.15) is 0 Å². The van der Waals surface area contributed by atoms with Crippen molar-refractivity contribution in [2.75, 3.05) is 40.7 Å². The van der Waals surface area contributed by atoms with Crippen LogP contribution < -0.4 is 19.5 Å². The highest BCUT2D eigenvalue weighted by atomic mass is 32.2. The number of nitrogens with zero attached hydrogens (tertiary/aromatic N) is 2. The van der Waals surface area contributed by atoms with E-state index in [0.717, 1.165) is 4.31 Å². The maximum Gasteiger partial charge on any atom is 0.275 e. The van der Waals surface area contributed by atoms with Gasteiger partial charge < -0.3 is 19.5 Å². The molecule has 0 saturated heterocycles. The Labute approximate surface area is 190 Å². The number of amides is 1. The van der Waals surface area contributed by atoms with Gasteiger partial charge >= 0.3 is 0 Å². The Balaban J connectivity index is 1.92. The van der Waals surface area contributed by atoms with Crippen LogP contribution in [-0.4, -0.2) is 59.0 Å². The largest absolute Gasteiger partial charge is 0.495 e. The van der Waals surface area contributed by atoms with Crippen molar-refractivity contribution in [1.29, 1.82) is 0 Å². The first-order valence-corrected chi connectivity index (χ1v) is 11.6. The fraction of sp³-hybridized carbons (Fsp3) is 0.238. The number of carbonyl (C=O) groups excluding carboxylic acids is 1. The third-order valence-electron chi connectivity index (χ3n) is 4.57. The first kappa shape index (κ1) is 23.5.